The molecule has 0 atom stereocenters. The Morgan fingerprint density at radius 2 is 2.10 bits per heavy atom. The SMILES string of the molecule is C=C/C=C(/C)CCC(C)C. The van der Waals surface area contributed by atoms with Crippen LogP contribution in [0.1, 0.15) is 33.6 Å². The zero-order chi connectivity index (χ0) is 7.98. The van der Waals surface area contributed by atoms with E-state index in [1.54, 1.807) is 0 Å². The summed E-state index contributed by atoms with van der Waals surface area (Å²) in [7, 11) is 0. The Labute approximate surface area is 64.6 Å². The zero-order valence-electron chi connectivity index (χ0n) is 7.35. The number of rotatable bonds is 4. The van der Waals surface area contributed by atoms with E-state index in [9.17, 15) is 0 Å². The molecule has 58 valence electrons. The fourth-order valence-electron chi connectivity index (χ4n) is 0.801. The van der Waals surface area contributed by atoms with Crippen molar-refractivity contribution in [3.63, 3.8) is 0 Å². The van der Waals surface area contributed by atoms with Crippen LogP contribution in [0.4, 0.5) is 0 Å². The average molecular weight is 138 g/mol. The van der Waals surface area contributed by atoms with Gasteiger partial charge in [0, 0.05) is 0 Å². The van der Waals surface area contributed by atoms with Gasteiger partial charge in [0.25, 0.3) is 0 Å². The molecular formula is C10H18. The van der Waals surface area contributed by atoms with Gasteiger partial charge >= 0.3 is 0 Å². The van der Waals surface area contributed by atoms with Crippen molar-refractivity contribution >= 4 is 0 Å². The van der Waals surface area contributed by atoms with Crippen molar-refractivity contribution in [2.75, 3.05) is 0 Å². The third kappa shape index (κ3) is 5.61. The van der Waals surface area contributed by atoms with E-state index in [0.29, 0.717) is 0 Å². The first kappa shape index (κ1) is 9.48. The van der Waals surface area contributed by atoms with Crippen LogP contribution in [-0.4, -0.2) is 0 Å². The second-order valence-electron chi connectivity index (χ2n) is 3.18. The lowest BCUT2D eigenvalue weighted by Crippen LogP contribution is -1.86. The van der Waals surface area contributed by atoms with E-state index in [1.807, 2.05) is 6.08 Å². The highest BCUT2D eigenvalue weighted by molar-refractivity contribution is 5.07. The molecule has 0 unspecified atom stereocenters. The summed E-state index contributed by atoms with van der Waals surface area (Å²) >= 11 is 0. The van der Waals surface area contributed by atoms with E-state index < -0.39 is 0 Å². The molecule has 0 aromatic carbocycles. The monoisotopic (exact) mass is 138 g/mol. The van der Waals surface area contributed by atoms with Crippen LogP contribution in [-0.2, 0) is 0 Å². The number of allylic oxidation sites excluding steroid dienone is 3. The molecule has 0 rings (SSSR count). The molecule has 0 spiro atoms. The van der Waals surface area contributed by atoms with Gasteiger partial charge in [-0.1, -0.05) is 38.2 Å². The summed E-state index contributed by atoms with van der Waals surface area (Å²) in [5, 5.41) is 0. The Morgan fingerprint density at radius 3 is 2.50 bits per heavy atom. The summed E-state index contributed by atoms with van der Waals surface area (Å²) < 4.78 is 0. The molecule has 0 N–H and O–H groups in total. The van der Waals surface area contributed by atoms with Gasteiger partial charge in [0.2, 0.25) is 0 Å². The van der Waals surface area contributed by atoms with Gasteiger partial charge in [-0.05, 0) is 25.7 Å². The summed E-state index contributed by atoms with van der Waals surface area (Å²) in [6, 6.07) is 0. The van der Waals surface area contributed by atoms with Crippen molar-refractivity contribution in [1.82, 2.24) is 0 Å². The van der Waals surface area contributed by atoms with Crippen molar-refractivity contribution in [1.29, 1.82) is 0 Å². The Kier molecular flexibility index (Phi) is 5.00. The lowest BCUT2D eigenvalue weighted by Gasteiger charge is -2.02. The molecule has 0 heteroatoms. The minimum Gasteiger partial charge on any atom is -0.0991 e. The van der Waals surface area contributed by atoms with Crippen molar-refractivity contribution < 1.29 is 0 Å². The highest BCUT2D eigenvalue weighted by atomic mass is 14.0. The molecule has 0 fully saturated rings. The van der Waals surface area contributed by atoms with Gasteiger partial charge in [0.15, 0.2) is 0 Å². The van der Waals surface area contributed by atoms with Crippen LogP contribution in [0, 0.1) is 5.92 Å². The Hall–Kier alpha value is -0.520. The second-order valence-corrected chi connectivity index (χ2v) is 3.18. The first-order valence-corrected chi connectivity index (χ1v) is 3.95. The van der Waals surface area contributed by atoms with Crippen LogP contribution in [0.3, 0.4) is 0 Å². The van der Waals surface area contributed by atoms with Gasteiger partial charge in [-0.3, -0.25) is 0 Å². The molecule has 0 saturated carbocycles. The van der Waals surface area contributed by atoms with Crippen molar-refractivity contribution in [3.8, 4) is 0 Å². The fraction of sp³-hybridized carbons (Fsp3) is 0.600. The van der Waals surface area contributed by atoms with Gasteiger partial charge in [-0.2, -0.15) is 0 Å². The molecule has 10 heavy (non-hydrogen) atoms. The van der Waals surface area contributed by atoms with E-state index in [1.165, 1.54) is 18.4 Å². The van der Waals surface area contributed by atoms with Crippen LogP contribution in [0.15, 0.2) is 24.3 Å². The lowest BCUT2D eigenvalue weighted by molar-refractivity contribution is 0.584. The molecule has 0 amide bonds. The van der Waals surface area contributed by atoms with Gasteiger partial charge in [-0.25, -0.2) is 0 Å². The summed E-state index contributed by atoms with van der Waals surface area (Å²) in [5.74, 6) is 0.813. The third-order valence-electron chi connectivity index (χ3n) is 1.52. The highest BCUT2D eigenvalue weighted by Gasteiger charge is 1.93. The topological polar surface area (TPSA) is 0 Å². The third-order valence-corrected chi connectivity index (χ3v) is 1.52. The van der Waals surface area contributed by atoms with Gasteiger partial charge < -0.3 is 0 Å². The molecule has 0 saturated heterocycles. The maximum absolute atomic E-state index is 3.65. The van der Waals surface area contributed by atoms with Crippen LogP contribution in [0.25, 0.3) is 0 Å². The largest absolute Gasteiger partial charge is 0.0991 e. The molecule has 0 aliphatic rings. The second kappa shape index (κ2) is 5.28. The van der Waals surface area contributed by atoms with Crippen molar-refractivity contribution in [3.05, 3.63) is 24.3 Å². The lowest BCUT2D eigenvalue weighted by atomic mass is 10.0. The fourth-order valence-corrected chi connectivity index (χ4v) is 0.801. The van der Waals surface area contributed by atoms with Crippen LogP contribution in [0.5, 0.6) is 0 Å². The minimum atomic E-state index is 0.813. The number of hydrogen-bond donors (Lipinski definition) is 0. The predicted molar refractivity (Wildman–Crippen MR) is 48.0 cm³/mol. The van der Waals surface area contributed by atoms with E-state index in [2.05, 4.69) is 33.4 Å². The van der Waals surface area contributed by atoms with E-state index in [-0.39, 0.29) is 0 Å². The summed E-state index contributed by atoms with van der Waals surface area (Å²) in [6.45, 7) is 10.3. The molecule has 0 bridgehead atoms. The molecule has 0 aromatic rings. The van der Waals surface area contributed by atoms with E-state index in [4.69, 9.17) is 0 Å². The molecule has 0 heterocycles. The minimum absolute atomic E-state index is 0.813. The first-order valence-electron chi connectivity index (χ1n) is 3.95. The zero-order valence-corrected chi connectivity index (χ0v) is 7.35. The maximum atomic E-state index is 3.65. The van der Waals surface area contributed by atoms with E-state index >= 15 is 0 Å². The highest BCUT2D eigenvalue weighted by Crippen LogP contribution is 2.10. The molecule has 0 radical (unpaired) electrons. The molecular weight excluding hydrogens is 120 g/mol. The Balaban J connectivity index is 3.48. The van der Waals surface area contributed by atoms with Crippen LogP contribution >= 0.6 is 0 Å². The molecule has 0 aliphatic heterocycles. The van der Waals surface area contributed by atoms with Gasteiger partial charge in [-0.15, -0.1) is 0 Å². The van der Waals surface area contributed by atoms with Gasteiger partial charge in [0.1, 0.15) is 0 Å². The molecule has 0 aliphatic carbocycles. The normalized spacial score (nSPS) is 12.2. The Morgan fingerprint density at radius 1 is 1.50 bits per heavy atom. The standard InChI is InChI=1S/C10H18/c1-5-6-10(4)8-7-9(2)3/h5-6,9H,1,7-8H2,2-4H3/b10-6-. The molecule has 0 nitrogen and oxygen atoms in total. The molecule has 0 aromatic heterocycles. The summed E-state index contributed by atoms with van der Waals surface area (Å²) in [4.78, 5) is 0. The summed E-state index contributed by atoms with van der Waals surface area (Å²) in [6.07, 6.45) is 6.44. The number of hydrogen-bond acceptors (Lipinski definition) is 0. The van der Waals surface area contributed by atoms with Gasteiger partial charge in [0.05, 0.1) is 0 Å². The maximum Gasteiger partial charge on any atom is -0.0318 e. The predicted octanol–water partition coefficient (Wildman–Crippen LogP) is 3.55. The smallest absolute Gasteiger partial charge is 0.0318 e. The summed E-state index contributed by atoms with van der Waals surface area (Å²) in [5.41, 5.74) is 1.43. The van der Waals surface area contributed by atoms with Crippen molar-refractivity contribution in [2.45, 2.75) is 33.6 Å². The first-order chi connectivity index (χ1) is 4.66. The van der Waals surface area contributed by atoms with Crippen LogP contribution in [0.2, 0.25) is 0 Å². The quantitative estimate of drug-likeness (QED) is 0.521. The van der Waals surface area contributed by atoms with E-state index in [0.717, 1.165) is 5.92 Å². The van der Waals surface area contributed by atoms with Crippen LogP contribution < -0.4 is 0 Å². The Bertz CT molecular complexity index is 118. The van der Waals surface area contributed by atoms with Crippen molar-refractivity contribution in [2.24, 2.45) is 5.92 Å². The average Bonchev–Trinajstić information content (AvgIpc) is 1.85.